The normalized spacial score (nSPS) is 11.5. The predicted molar refractivity (Wildman–Crippen MR) is 150 cm³/mol. The Morgan fingerprint density at radius 2 is 1.64 bits per heavy atom. The molecule has 0 fully saturated rings. The van der Waals surface area contributed by atoms with Gasteiger partial charge in [0.2, 0.25) is 5.91 Å². The zero-order valence-electron chi connectivity index (χ0n) is 21.9. The molecule has 0 aliphatic carbocycles. The van der Waals surface area contributed by atoms with Gasteiger partial charge in [-0.3, -0.25) is 9.59 Å². The Morgan fingerprint density at radius 1 is 0.949 bits per heavy atom. The van der Waals surface area contributed by atoms with Gasteiger partial charge < -0.3 is 15.0 Å². The molecule has 7 nitrogen and oxygen atoms in total. The van der Waals surface area contributed by atoms with E-state index in [-0.39, 0.29) is 18.2 Å². The van der Waals surface area contributed by atoms with Crippen molar-refractivity contribution in [2.75, 3.05) is 18.2 Å². The summed E-state index contributed by atoms with van der Waals surface area (Å²) in [5.74, 6) is -0.647. The number of methoxy groups -OCH3 is 1. The molecule has 39 heavy (non-hydrogen) atoms. The van der Waals surface area contributed by atoms with Crippen LogP contribution in [0.2, 0.25) is 0 Å². The molecule has 0 radical (unpaired) electrons. The maximum absolute atomic E-state index is 14.4. The van der Waals surface area contributed by atoms with Crippen LogP contribution < -0.4 is 10.1 Å². The highest BCUT2D eigenvalue weighted by molar-refractivity contribution is 7.99. The second-order valence-electron chi connectivity index (χ2n) is 8.90. The van der Waals surface area contributed by atoms with Crippen LogP contribution in [-0.2, 0) is 16.1 Å². The number of nitrogens with zero attached hydrogens (tertiary/aromatic N) is 3. The Kier molecular flexibility index (Phi) is 9.27. The lowest BCUT2D eigenvalue weighted by atomic mass is 10.0. The average Bonchev–Trinajstić information content (AvgIpc) is 2.92. The maximum atomic E-state index is 14.4. The summed E-state index contributed by atoms with van der Waals surface area (Å²) >= 11 is 1.20. The summed E-state index contributed by atoms with van der Waals surface area (Å²) in [4.78, 5) is 37.9. The molecule has 200 valence electrons. The van der Waals surface area contributed by atoms with E-state index >= 15 is 0 Å². The van der Waals surface area contributed by atoms with E-state index in [9.17, 15) is 14.0 Å². The molecule has 1 unspecified atom stereocenters. The first-order valence-corrected chi connectivity index (χ1v) is 13.3. The van der Waals surface area contributed by atoms with Gasteiger partial charge in [0.1, 0.15) is 17.6 Å². The smallest absolute Gasteiger partial charge is 0.251 e. The Bertz CT molecular complexity index is 1410. The lowest BCUT2D eigenvalue weighted by Gasteiger charge is -2.31. The van der Waals surface area contributed by atoms with Crippen molar-refractivity contribution in [3.8, 4) is 5.75 Å². The second kappa shape index (κ2) is 13.0. The van der Waals surface area contributed by atoms with Crippen molar-refractivity contribution in [1.82, 2.24) is 14.9 Å². The monoisotopic (exact) mass is 544 g/mol. The molecular weight excluding hydrogens is 515 g/mol. The van der Waals surface area contributed by atoms with Crippen molar-refractivity contribution >= 4 is 29.3 Å². The first kappa shape index (κ1) is 27.8. The molecule has 0 aliphatic heterocycles. The highest BCUT2D eigenvalue weighted by atomic mass is 32.2. The van der Waals surface area contributed by atoms with Gasteiger partial charge >= 0.3 is 0 Å². The lowest BCUT2D eigenvalue weighted by Crippen LogP contribution is -2.41. The largest absolute Gasteiger partial charge is 0.497 e. The maximum Gasteiger partial charge on any atom is 0.251 e. The van der Waals surface area contributed by atoms with Crippen LogP contribution in [0.25, 0.3) is 0 Å². The number of ether oxygens (including phenoxy) is 1. The van der Waals surface area contributed by atoms with Gasteiger partial charge in [-0.25, -0.2) is 14.4 Å². The minimum atomic E-state index is -1.10. The molecule has 1 N–H and O–H groups in total. The summed E-state index contributed by atoms with van der Waals surface area (Å²) in [6, 6.07) is 22.7. The Balaban J connectivity index is 1.68. The number of amides is 2. The fraction of sp³-hybridized carbons (Fsp3) is 0.200. The van der Waals surface area contributed by atoms with Crippen molar-refractivity contribution in [3.63, 3.8) is 0 Å². The molecule has 3 aromatic carbocycles. The Labute approximate surface area is 231 Å². The van der Waals surface area contributed by atoms with Crippen molar-refractivity contribution in [3.05, 3.63) is 113 Å². The highest BCUT2D eigenvalue weighted by Crippen LogP contribution is 2.28. The van der Waals surface area contributed by atoms with Gasteiger partial charge in [-0.2, -0.15) is 0 Å². The molecule has 4 rings (SSSR count). The summed E-state index contributed by atoms with van der Waals surface area (Å²) in [5.41, 5.74) is 3.31. The quantitative estimate of drug-likeness (QED) is 0.202. The molecule has 0 saturated carbocycles. The van der Waals surface area contributed by atoms with Crippen LogP contribution in [0.5, 0.6) is 5.75 Å². The number of aromatic nitrogens is 2. The molecule has 1 aromatic heterocycles. The van der Waals surface area contributed by atoms with Gasteiger partial charge in [-0.15, -0.1) is 0 Å². The molecule has 4 aromatic rings. The van der Waals surface area contributed by atoms with Crippen LogP contribution >= 0.6 is 11.8 Å². The summed E-state index contributed by atoms with van der Waals surface area (Å²) in [6.45, 7) is 3.88. The zero-order chi connectivity index (χ0) is 27.8. The average molecular weight is 545 g/mol. The van der Waals surface area contributed by atoms with Gasteiger partial charge in [0.15, 0.2) is 5.16 Å². The van der Waals surface area contributed by atoms with E-state index in [0.29, 0.717) is 22.2 Å². The van der Waals surface area contributed by atoms with Gasteiger partial charge in [-0.05, 0) is 67.4 Å². The number of rotatable bonds is 10. The fourth-order valence-electron chi connectivity index (χ4n) is 4.11. The summed E-state index contributed by atoms with van der Waals surface area (Å²) in [5, 5.41) is 3.36. The number of nitrogens with one attached hydrogen (secondary N) is 1. The fourth-order valence-corrected chi connectivity index (χ4v) is 4.94. The molecule has 0 saturated heterocycles. The van der Waals surface area contributed by atoms with Gasteiger partial charge in [0.05, 0.1) is 12.9 Å². The van der Waals surface area contributed by atoms with E-state index in [1.807, 2.05) is 50.2 Å². The minimum absolute atomic E-state index is 0.00262. The molecular formula is C30H29FN4O3S. The van der Waals surface area contributed by atoms with Gasteiger partial charge in [0.25, 0.3) is 5.91 Å². The standard InChI is InChI=1S/C30H29FN4O3S/c1-20-16-21(2)33-30(32-20)39-19-27(36)35(18-22-8-5-4-6-9-22)28(23-10-7-11-24(31)17-23)29(37)34-25-12-14-26(38-3)15-13-25/h4-17,28H,18-19H2,1-3H3,(H,34,37). The number of anilines is 1. The number of halogens is 1. The molecule has 2 amide bonds. The van der Waals surface area contributed by atoms with Gasteiger partial charge in [0, 0.05) is 23.6 Å². The van der Waals surface area contributed by atoms with Gasteiger partial charge in [-0.1, -0.05) is 54.2 Å². The van der Waals surface area contributed by atoms with Crippen molar-refractivity contribution in [2.24, 2.45) is 0 Å². The number of hydrogen-bond acceptors (Lipinski definition) is 6. The van der Waals surface area contributed by atoms with E-state index in [1.165, 1.54) is 34.9 Å². The summed E-state index contributed by atoms with van der Waals surface area (Å²) in [7, 11) is 1.56. The molecule has 0 bridgehead atoms. The number of thioether (sulfide) groups is 1. The number of carbonyl (C=O) groups excluding carboxylic acids is 2. The number of hydrogen-bond donors (Lipinski definition) is 1. The Morgan fingerprint density at radius 3 is 2.28 bits per heavy atom. The molecule has 9 heteroatoms. The van der Waals surface area contributed by atoms with Crippen LogP contribution in [0.4, 0.5) is 10.1 Å². The van der Waals surface area contributed by atoms with Crippen LogP contribution in [-0.4, -0.2) is 39.5 Å². The lowest BCUT2D eigenvalue weighted by molar-refractivity contribution is -0.137. The van der Waals surface area contributed by atoms with Crippen LogP contribution in [0.15, 0.2) is 90.1 Å². The van der Waals surface area contributed by atoms with Crippen molar-refractivity contribution in [2.45, 2.75) is 31.6 Å². The van der Waals surface area contributed by atoms with E-state index < -0.39 is 17.8 Å². The second-order valence-corrected chi connectivity index (χ2v) is 9.85. The first-order chi connectivity index (χ1) is 18.8. The number of aryl methyl sites for hydroxylation is 2. The van der Waals surface area contributed by atoms with Crippen molar-refractivity contribution in [1.29, 1.82) is 0 Å². The topological polar surface area (TPSA) is 84.4 Å². The minimum Gasteiger partial charge on any atom is -0.497 e. The van der Waals surface area contributed by atoms with E-state index in [1.54, 1.807) is 37.4 Å². The zero-order valence-corrected chi connectivity index (χ0v) is 22.7. The number of benzene rings is 3. The Hall–Kier alpha value is -4.24. The summed E-state index contributed by atoms with van der Waals surface area (Å²) in [6.07, 6.45) is 0. The van der Waals surface area contributed by atoms with Crippen LogP contribution in [0.1, 0.15) is 28.6 Å². The predicted octanol–water partition coefficient (Wildman–Crippen LogP) is 5.74. The SMILES string of the molecule is COc1ccc(NC(=O)C(c2cccc(F)c2)N(Cc2ccccc2)C(=O)CSc2nc(C)cc(C)n2)cc1. The third-order valence-electron chi connectivity index (χ3n) is 5.88. The van der Waals surface area contributed by atoms with E-state index in [4.69, 9.17) is 4.74 Å². The molecule has 1 atom stereocenters. The molecule has 1 heterocycles. The third kappa shape index (κ3) is 7.64. The van der Waals surface area contributed by atoms with Crippen LogP contribution in [0, 0.1) is 19.7 Å². The third-order valence-corrected chi connectivity index (χ3v) is 6.72. The van der Waals surface area contributed by atoms with E-state index in [0.717, 1.165) is 17.0 Å². The van der Waals surface area contributed by atoms with Crippen molar-refractivity contribution < 1.29 is 18.7 Å². The molecule has 0 aliphatic rings. The number of carbonyl (C=O) groups is 2. The van der Waals surface area contributed by atoms with Crippen LogP contribution in [0.3, 0.4) is 0 Å². The molecule has 0 spiro atoms. The first-order valence-electron chi connectivity index (χ1n) is 12.3. The van der Waals surface area contributed by atoms with E-state index in [2.05, 4.69) is 15.3 Å². The summed E-state index contributed by atoms with van der Waals surface area (Å²) < 4.78 is 19.6. The highest BCUT2D eigenvalue weighted by Gasteiger charge is 2.32.